The number of nitrogens with two attached hydrogens (primary N) is 1. The Balaban J connectivity index is 1.09. The number of thioether (sulfide) groups is 1. The molecule has 1 aromatic heterocycles. The molecule has 3 unspecified atom stereocenters. The molecule has 5 aliphatic rings. The van der Waals surface area contributed by atoms with E-state index >= 15 is 0 Å². The number of rotatable bonds is 8. The number of carboxylic acids is 1. The van der Waals surface area contributed by atoms with Gasteiger partial charge in [-0.05, 0) is 35.6 Å². The van der Waals surface area contributed by atoms with Crippen LogP contribution in [-0.4, -0.2) is 108 Å². The average molecular weight is 546 g/mol. The fourth-order valence-corrected chi connectivity index (χ4v) is 8.10. The Hall–Kier alpha value is -3.04. The van der Waals surface area contributed by atoms with Gasteiger partial charge >= 0.3 is 5.97 Å². The van der Waals surface area contributed by atoms with E-state index in [-0.39, 0.29) is 59.3 Å². The molecule has 4 fully saturated rings. The third-order valence-corrected chi connectivity index (χ3v) is 10.2. The highest BCUT2D eigenvalue weighted by Crippen LogP contribution is 2.52. The Morgan fingerprint density at radius 3 is 2.71 bits per heavy atom. The molecular formula is C23H31N9O5S. The minimum absolute atomic E-state index is 0.0100. The molecule has 1 aliphatic carbocycles. The van der Waals surface area contributed by atoms with Crippen molar-refractivity contribution in [1.82, 2.24) is 40.6 Å². The molecule has 0 aromatic carbocycles. The summed E-state index contributed by atoms with van der Waals surface area (Å²) in [5.74, 6) is -1.61. The molecule has 6 rings (SSSR count). The van der Waals surface area contributed by atoms with Crippen LogP contribution in [0, 0.1) is 23.7 Å². The highest BCUT2D eigenvalue weighted by atomic mass is 32.2. The van der Waals surface area contributed by atoms with Crippen LogP contribution in [0.1, 0.15) is 20.3 Å². The predicted octanol–water partition coefficient (Wildman–Crippen LogP) is -2.17. The van der Waals surface area contributed by atoms with Gasteiger partial charge in [0.15, 0.2) is 0 Å². The zero-order chi connectivity index (χ0) is 26.9. The molecule has 0 radical (unpaired) electrons. The van der Waals surface area contributed by atoms with Crippen LogP contribution < -0.4 is 16.4 Å². The molecule has 38 heavy (non-hydrogen) atoms. The smallest absolute Gasteiger partial charge is 0.353 e. The lowest BCUT2D eigenvalue weighted by molar-refractivity contribution is -0.158. The summed E-state index contributed by atoms with van der Waals surface area (Å²) >= 11 is 1.45. The maximum Gasteiger partial charge on any atom is 0.353 e. The molecule has 3 saturated heterocycles. The summed E-state index contributed by atoms with van der Waals surface area (Å²) in [4.78, 5) is 54.7. The molecule has 204 valence electrons. The second-order valence-corrected chi connectivity index (χ2v) is 12.3. The van der Waals surface area contributed by atoms with Crippen LogP contribution in [0.4, 0.5) is 0 Å². The average Bonchev–Trinajstić information content (AvgIpc) is 3.47. The number of amides is 3. The number of nitrogens with one attached hydrogen (secondary N) is 2. The molecule has 15 heteroatoms. The van der Waals surface area contributed by atoms with Gasteiger partial charge in [0, 0.05) is 47.8 Å². The minimum atomic E-state index is -1.14. The van der Waals surface area contributed by atoms with Gasteiger partial charge in [-0.2, -0.15) is 0 Å². The number of hydrogen-bond acceptors (Lipinski definition) is 10. The Labute approximate surface area is 222 Å². The van der Waals surface area contributed by atoms with Crippen molar-refractivity contribution in [3.8, 4) is 0 Å². The van der Waals surface area contributed by atoms with E-state index in [1.807, 2.05) is 11.8 Å². The molecule has 5 heterocycles. The van der Waals surface area contributed by atoms with Gasteiger partial charge in [0.2, 0.25) is 17.7 Å². The number of aliphatic carboxylic acids is 1. The van der Waals surface area contributed by atoms with E-state index in [9.17, 15) is 24.3 Å². The molecule has 3 amide bonds. The second kappa shape index (κ2) is 9.31. The van der Waals surface area contributed by atoms with Gasteiger partial charge in [-0.15, -0.1) is 16.9 Å². The van der Waals surface area contributed by atoms with E-state index in [2.05, 4.69) is 26.2 Å². The van der Waals surface area contributed by atoms with Gasteiger partial charge in [-0.1, -0.05) is 6.92 Å². The molecule has 8 atom stereocenters. The van der Waals surface area contributed by atoms with E-state index in [1.54, 1.807) is 6.92 Å². The van der Waals surface area contributed by atoms with Crippen molar-refractivity contribution in [2.45, 2.75) is 56.2 Å². The molecule has 4 aliphatic heterocycles. The summed E-state index contributed by atoms with van der Waals surface area (Å²) in [6.07, 6.45) is 1.92. The summed E-state index contributed by atoms with van der Waals surface area (Å²) in [6.45, 7) is 5.61. The van der Waals surface area contributed by atoms with E-state index in [4.69, 9.17) is 5.73 Å². The molecular weight excluding hydrogens is 514 g/mol. The van der Waals surface area contributed by atoms with Gasteiger partial charge in [-0.3, -0.25) is 14.4 Å². The SMILES string of the molecule is CC(NC(=O)Cn1cnnn1)[C@H]1C(=O)N2C(C(=O)O)=C(S[C@@H]3CN[C@H](C(=O)N4CC5C(N)C5C4)C3)[C@H](C)[C@H]12. The minimum Gasteiger partial charge on any atom is -0.477 e. The van der Waals surface area contributed by atoms with Gasteiger partial charge in [0.25, 0.3) is 0 Å². The number of tetrazole rings is 1. The Kier molecular flexibility index (Phi) is 6.18. The van der Waals surface area contributed by atoms with Crippen molar-refractivity contribution in [2.75, 3.05) is 19.6 Å². The summed E-state index contributed by atoms with van der Waals surface area (Å²) < 4.78 is 1.28. The number of aromatic nitrogens is 4. The maximum absolute atomic E-state index is 13.1. The van der Waals surface area contributed by atoms with Crippen LogP contribution in [0.5, 0.6) is 0 Å². The summed E-state index contributed by atoms with van der Waals surface area (Å²) in [7, 11) is 0. The predicted molar refractivity (Wildman–Crippen MR) is 133 cm³/mol. The van der Waals surface area contributed by atoms with E-state index in [1.165, 1.54) is 27.7 Å². The van der Waals surface area contributed by atoms with Crippen LogP contribution in [0.2, 0.25) is 0 Å². The topological polar surface area (TPSA) is 189 Å². The zero-order valence-electron chi connectivity index (χ0n) is 21.1. The maximum atomic E-state index is 13.1. The first-order valence-corrected chi connectivity index (χ1v) is 13.8. The van der Waals surface area contributed by atoms with Gasteiger partial charge in [-0.25, -0.2) is 9.48 Å². The van der Waals surface area contributed by atoms with E-state index in [0.29, 0.717) is 29.7 Å². The highest BCUT2D eigenvalue weighted by molar-refractivity contribution is 8.03. The number of carbonyl (C=O) groups is 4. The molecule has 1 aromatic rings. The monoisotopic (exact) mass is 545 g/mol. The fourth-order valence-electron chi connectivity index (χ4n) is 6.62. The first-order chi connectivity index (χ1) is 18.2. The molecule has 5 N–H and O–H groups in total. The Morgan fingerprint density at radius 1 is 1.32 bits per heavy atom. The van der Waals surface area contributed by atoms with E-state index in [0.717, 1.165) is 13.1 Å². The van der Waals surface area contributed by atoms with Crippen molar-refractivity contribution in [3.05, 3.63) is 16.9 Å². The number of hydrogen-bond donors (Lipinski definition) is 4. The molecule has 1 saturated carbocycles. The lowest BCUT2D eigenvalue weighted by Gasteiger charge is -2.47. The number of fused-ring (bicyclic) bond motifs is 2. The fraction of sp³-hybridized carbons (Fsp3) is 0.696. The normalized spacial score (nSPS) is 36.1. The van der Waals surface area contributed by atoms with Crippen LogP contribution in [0.3, 0.4) is 0 Å². The molecule has 0 spiro atoms. The van der Waals surface area contributed by atoms with Gasteiger partial charge < -0.3 is 31.3 Å². The lowest BCUT2D eigenvalue weighted by Crippen LogP contribution is -2.66. The van der Waals surface area contributed by atoms with Gasteiger partial charge in [0.1, 0.15) is 18.6 Å². The van der Waals surface area contributed by atoms with Crippen LogP contribution >= 0.6 is 11.8 Å². The number of nitrogens with zero attached hydrogens (tertiary/aromatic N) is 6. The van der Waals surface area contributed by atoms with Crippen LogP contribution in [-0.2, 0) is 25.7 Å². The number of piperidine rings is 1. The van der Waals surface area contributed by atoms with Crippen molar-refractivity contribution in [1.29, 1.82) is 0 Å². The summed E-state index contributed by atoms with van der Waals surface area (Å²) in [5, 5.41) is 26.8. The summed E-state index contributed by atoms with van der Waals surface area (Å²) in [5.41, 5.74) is 6.02. The lowest BCUT2D eigenvalue weighted by atomic mass is 9.78. The Bertz CT molecular complexity index is 1200. The van der Waals surface area contributed by atoms with E-state index < -0.39 is 17.9 Å². The standard InChI is InChI=1S/C23H31N9O5S/c1-9-18-16(10(2)27-15(33)7-31-8-26-28-29-31)22(35)32(18)19(23(36)37)20(9)38-11-3-14(25-4-11)21(34)30-5-12-13(6-30)17(12)24/h8-14,16-18,25H,3-7,24H2,1-2H3,(H,27,33)(H,36,37)/t9-,10?,11+,12?,13?,14+,16-,17?,18-/m1/s1. The third-order valence-electron chi connectivity index (χ3n) is 8.67. The number of likely N-dealkylation sites (tertiary alicyclic amines) is 1. The largest absolute Gasteiger partial charge is 0.477 e. The van der Waals surface area contributed by atoms with Crippen molar-refractivity contribution in [2.24, 2.45) is 29.4 Å². The first-order valence-electron chi connectivity index (χ1n) is 12.9. The van der Waals surface area contributed by atoms with Crippen molar-refractivity contribution >= 4 is 35.5 Å². The van der Waals surface area contributed by atoms with Crippen molar-refractivity contribution in [3.63, 3.8) is 0 Å². The quantitative estimate of drug-likeness (QED) is 0.260. The number of β-lactam (4-membered cyclic amide) rings is 1. The third kappa shape index (κ3) is 4.07. The number of carbonyl (C=O) groups excluding carboxylic acids is 3. The van der Waals surface area contributed by atoms with Crippen LogP contribution in [0.15, 0.2) is 16.9 Å². The zero-order valence-corrected chi connectivity index (χ0v) is 21.9. The summed E-state index contributed by atoms with van der Waals surface area (Å²) in [6, 6.07) is -0.923. The van der Waals surface area contributed by atoms with Gasteiger partial charge in [0.05, 0.1) is 18.0 Å². The first kappa shape index (κ1) is 25.2. The number of carboxylic acid groups (broad SMARTS) is 1. The molecule has 0 bridgehead atoms. The second-order valence-electron chi connectivity index (χ2n) is 11.0. The van der Waals surface area contributed by atoms with Crippen LogP contribution in [0.25, 0.3) is 0 Å². The highest BCUT2D eigenvalue weighted by Gasteiger charge is 2.61. The van der Waals surface area contributed by atoms with Crippen molar-refractivity contribution < 1.29 is 24.3 Å². The molecule has 14 nitrogen and oxygen atoms in total. The Morgan fingerprint density at radius 2 is 2.05 bits per heavy atom.